The third-order valence-corrected chi connectivity index (χ3v) is 4.16. The van der Waals surface area contributed by atoms with Crippen LogP contribution in [0, 0.1) is 37.5 Å². The van der Waals surface area contributed by atoms with Gasteiger partial charge in [0.25, 0.3) is 0 Å². The number of anilines is 3. The van der Waals surface area contributed by atoms with Crippen molar-refractivity contribution in [2.24, 2.45) is 0 Å². The molecule has 3 aromatic rings. The first-order chi connectivity index (χ1) is 14.4. The van der Waals surface area contributed by atoms with Gasteiger partial charge < -0.3 is 15.4 Å². The second-order valence-electron chi connectivity index (χ2n) is 6.59. The third kappa shape index (κ3) is 4.73. The van der Waals surface area contributed by atoms with Crippen LogP contribution in [0.15, 0.2) is 42.6 Å². The van der Waals surface area contributed by atoms with Crippen LogP contribution in [0.1, 0.15) is 29.2 Å². The lowest BCUT2D eigenvalue weighted by atomic mass is 10.1. The fourth-order valence-corrected chi connectivity index (χ4v) is 2.83. The first kappa shape index (κ1) is 20.4. The molecule has 2 aromatic carbocycles. The minimum absolute atomic E-state index is 0.179. The molecule has 0 radical (unpaired) electrons. The summed E-state index contributed by atoms with van der Waals surface area (Å²) < 4.78 is 6.04. The molecule has 0 unspecified atom stereocenters. The number of ether oxygens (including phenoxy) is 1. The summed E-state index contributed by atoms with van der Waals surface area (Å²) in [5.41, 5.74) is 3.94. The van der Waals surface area contributed by atoms with Crippen molar-refractivity contribution in [3.63, 3.8) is 0 Å². The molecular weight excluding hydrogens is 378 g/mol. The lowest BCUT2D eigenvalue weighted by molar-refractivity contribution is -0.114. The molecular formula is C23H19N5O2. The number of nitrogens with zero attached hydrogens (tertiary/aromatic N) is 3. The number of nitrogens with one attached hydrogen (secondary N) is 2. The molecule has 0 aliphatic rings. The molecule has 7 heteroatoms. The van der Waals surface area contributed by atoms with Crippen LogP contribution < -0.4 is 15.4 Å². The Labute approximate surface area is 174 Å². The van der Waals surface area contributed by atoms with E-state index in [0.717, 1.165) is 22.4 Å². The number of hydrogen-bond acceptors (Lipinski definition) is 6. The Balaban J connectivity index is 1.96. The van der Waals surface area contributed by atoms with Gasteiger partial charge in [0.1, 0.15) is 11.4 Å². The molecule has 2 N–H and O–H groups in total. The highest BCUT2D eigenvalue weighted by atomic mass is 16.5. The normalized spacial score (nSPS) is 9.90. The van der Waals surface area contributed by atoms with E-state index in [1.807, 2.05) is 26.0 Å². The van der Waals surface area contributed by atoms with E-state index in [9.17, 15) is 4.79 Å². The number of nitriles is 1. The van der Waals surface area contributed by atoms with Crippen LogP contribution >= 0.6 is 0 Å². The number of hydrogen-bond donors (Lipinski definition) is 2. The Morgan fingerprint density at radius 2 is 1.80 bits per heavy atom. The molecule has 0 bridgehead atoms. The zero-order valence-corrected chi connectivity index (χ0v) is 16.8. The van der Waals surface area contributed by atoms with Crippen molar-refractivity contribution < 1.29 is 9.53 Å². The fraction of sp³-hybridized carbons (Fsp3) is 0.130. The minimum Gasteiger partial charge on any atom is -0.436 e. The number of aromatic nitrogens is 2. The molecule has 1 aromatic heterocycles. The SMILES string of the molecule is C#Cc1ccc(Nc2ncc(NC(C)=O)c(Oc3c(C)cc(C#N)cc3C)n2)cc1. The number of rotatable bonds is 5. The Bertz CT molecular complexity index is 1160. The summed E-state index contributed by atoms with van der Waals surface area (Å²) in [6.07, 6.45) is 6.85. The van der Waals surface area contributed by atoms with Gasteiger partial charge in [-0.1, -0.05) is 5.92 Å². The van der Waals surface area contributed by atoms with Gasteiger partial charge in [0.2, 0.25) is 17.7 Å². The summed E-state index contributed by atoms with van der Waals surface area (Å²) in [6.45, 7) is 5.07. The highest BCUT2D eigenvalue weighted by molar-refractivity contribution is 5.90. The lowest BCUT2D eigenvalue weighted by Gasteiger charge is -2.15. The van der Waals surface area contributed by atoms with Crippen molar-refractivity contribution in [1.29, 1.82) is 5.26 Å². The molecule has 0 aliphatic carbocycles. The predicted molar refractivity (Wildman–Crippen MR) is 115 cm³/mol. The zero-order valence-electron chi connectivity index (χ0n) is 16.8. The van der Waals surface area contributed by atoms with Gasteiger partial charge in [0.05, 0.1) is 17.8 Å². The van der Waals surface area contributed by atoms with E-state index in [1.165, 1.54) is 13.1 Å². The van der Waals surface area contributed by atoms with E-state index in [-0.39, 0.29) is 17.7 Å². The number of aryl methyl sites for hydroxylation is 2. The number of amides is 1. The summed E-state index contributed by atoms with van der Waals surface area (Å²) in [7, 11) is 0. The first-order valence-electron chi connectivity index (χ1n) is 9.07. The summed E-state index contributed by atoms with van der Waals surface area (Å²) in [5, 5.41) is 14.9. The third-order valence-electron chi connectivity index (χ3n) is 4.16. The van der Waals surface area contributed by atoms with Gasteiger partial charge in [-0.15, -0.1) is 6.42 Å². The molecule has 3 rings (SSSR count). The van der Waals surface area contributed by atoms with Gasteiger partial charge in [-0.25, -0.2) is 4.98 Å². The maximum absolute atomic E-state index is 11.6. The van der Waals surface area contributed by atoms with Gasteiger partial charge in [-0.05, 0) is 61.4 Å². The Kier molecular flexibility index (Phi) is 5.95. The Hall–Kier alpha value is -4.36. The Morgan fingerprint density at radius 3 is 2.37 bits per heavy atom. The van der Waals surface area contributed by atoms with Crippen LogP contribution in [-0.2, 0) is 4.79 Å². The van der Waals surface area contributed by atoms with Crippen LogP contribution in [0.3, 0.4) is 0 Å². The minimum atomic E-state index is -0.276. The topological polar surface area (TPSA) is 99.9 Å². The highest BCUT2D eigenvalue weighted by Gasteiger charge is 2.15. The molecule has 30 heavy (non-hydrogen) atoms. The maximum Gasteiger partial charge on any atom is 0.248 e. The summed E-state index contributed by atoms with van der Waals surface area (Å²) >= 11 is 0. The molecule has 148 valence electrons. The number of carbonyl (C=O) groups is 1. The molecule has 7 nitrogen and oxygen atoms in total. The van der Waals surface area contributed by atoms with E-state index in [1.54, 1.807) is 24.3 Å². The van der Waals surface area contributed by atoms with Crippen molar-refractivity contribution in [3.8, 4) is 30.0 Å². The summed E-state index contributed by atoms with van der Waals surface area (Å²) in [6, 6.07) is 12.8. The molecule has 0 atom stereocenters. The van der Waals surface area contributed by atoms with Crippen molar-refractivity contribution in [2.45, 2.75) is 20.8 Å². The van der Waals surface area contributed by atoms with Crippen LogP contribution in [0.2, 0.25) is 0 Å². The number of carbonyl (C=O) groups excluding carboxylic acids is 1. The monoisotopic (exact) mass is 397 g/mol. The van der Waals surface area contributed by atoms with E-state index in [2.05, 4.69) is 32.6 Å². The van der Waals surface area contributed by atoms with Gasteiger partial charge in [0, 0.05) is 18.2 Å². The molecule has 1 amide bonds. The van der Waals surface area contributed by atoms with Crippen LogP contribution in [0.5, 0.6) is 11.6 Å². The van der Waals surface area contributed by atoms with Crippen molar-refractivity contribution in [3.05, 3.63) is 64.8 Å². The maximum atomic E-state index is 11.6. The quantitative estimate of drug-likeness (QED) is 0.618. The second kappa shape index (κ2) is 8.76. The average Bonchev–Trinajstić information content (AvgIpc) is 2.72. The van der Waals surface area contributed by atoms with Crippen LogP contribution in [-0.4, -0.2) is 15.9 Å². The number of terminal acetylenes is 1. The standard InChI is InChI=1S/C23H19N5O2/c1-5-17-6-8-19(9-7-17)27-23-25-13-20(26-16(4)29)22(28-23)30-21-14(2)10-18(12-24)11-15(21)3/h1,6-11,13H,2-4H3,(H,26,29)(H,25,27,28). The molecule has 0 saturated carbocycles. The van der Waals surface area contributed by atoms with E-state index >= 15 is 0 Å². The molecule has 1 heterocycles. The largest absolute Gasteiger partial charge is 0.436 e. The van der Waals surface area contributed by atoms with E-state index < -0.39 is 0 Å². The average molecular weight is 397 g/mol. The van der Waals surface area contributed by atoms with Gasteiger partial charge in [-0.2, -0.15) is 10.2 Å². The van der Waals surface area contributed by atoms with Crippen molar-refractivity contribution in [2.75, 3.05) is 10.6 Å². The highest BCUT2D eigenvalue weighted by Crippen LogP contribution is 2.33. The predicted octanol–water partition coefficient (Wildman–Crippen LogP) is 4.44. The molecule has 0 saturated heterocycles. The fourth-order valence-electron chi connectivity index (χ4n) is 2.83. The zero-order chi connectivity index (χ0) is 21.7. The summed E-state index contributed by atoms with van der Waals surface area (Å²) in [5.74, 6) is 3.31. The van der Waals surface area contributed by atoms with Crippen LogP contribution in [0.25, 0.3) is 0 Å². The van der Waals surface area contributed by atoms with Gasteiger partial charge >= 0.3 is 0 Å². The summed E-state index contributed by atoms with van der Waals surface area (Å²) in [4.78, 5) is 20.2. The van der Waals surface area contributed by atoms with Gasteiger partial charge in [-0.3, -0.25) is 4.79 Å². The van der Waals surface area contributed by atoms with Gasteiger partial charge in [0.15, 0.2) is 0 Å². The molecule has 0 spiro atoms. The molecule has 0 fully saturated rings. The Morgan fingerprint density at radius 1 is 1.13 bits per heavy atom. The smallest absolute Gasteiger partial charge is 0.248 e. The van der Waals surface area contributed by atoms with Crippen LogP contribution in [0.4, 0.5) is 17.3 Å². The van der Waals surface area contributed by atoms with Crippen molar-refractivity contribution in [1.82, 2.24) is 9.97 Å². The first-order valence-corrected chi connectivity index (χ1v) is 9.07. The second-order valence-corrected chi connectivity index (χ2v) is 6.59. The van der Waals surface area contributed by atoms with E-state index in [4.69, 9.17) is 16.4 Å². The number of benzene rings is 2. The lowest BCUT2D eigenvalue weighted by Crippen LogP contribution is -2.10. The molecule has 0 aliphatic heterocycles. The van der Waals surface area contributed by atoms with Crippen molar-refractivity contribution >= 4 is 23.2 Å². The van der Waals surface area contributed by atoms with E-state index in [0.29, 0.717) is 17.0 Å².